The van der Waals surface area contributed by atoms with Gasteiger partial charge in [0.2, 0.25) is 0 Å². The maximum atomic E-state index is 10.1. The molecule has 0 spiro atoms. The maximum absolute atomic E-state index is 10.1. The van der Waals surface area contributed by atoms with Crippen LogP contribution in [0.15, 0.2) is 0 Å². The Morgan fingerprint density at radius 2 is 1.92 bits per heavy atom. The third kappa shape index (κ3) is 2.50. The highest BCUT2D eigenvalue weighted by Crippen LogP contribution is 2.33. The summed E-state index contributed by atoms with van der Waals surface area (Å²) < 4.78 is 4.91. The van der Waals surface area contributed by atoms with Crippen LogP contribution in [0.1, 0.15) is 41.0 Å². The van der Waals surface area contributed by atoms with Crippen LogP contribution < -0.4 is 0 Å². The zero-order chi connectivity index (χ0) is 9.78. The fraction of sp³-hybridized carbons (Fsp3) is 0.900. The van der Waals surface area contributed by atoms with Crippen molar-refractivity contribution in [2.75, 3.05) is 0 Å². The van der Waals surface area contributed by atoms with Gasteiger partial charge in [0.05, 0.1) is 0 Å². The third-order valence-electron chi connectivity index (χ3n) is 2.88. The summed E-state index contributed by atoms with van der Waals surface area (Å²) in [6, 6.07) is 0. The van der Waals surface area contributed by atoms with Crippen LogP contribution in [0.25, 0.3) is 0 Å². The Morgan fingerprint density at radius 3 is 2.17 bits per heavy atom. The van der Waals surface area contributed by atoms with E-state index in [1.165, 1.54) is 6.47 Å². The fourth-order valence-electron chi connectivity index (χ4n) is 1.19. The Labute approximate surface area is 75.3 Å². The molecule has 0 saturated heterocycles. The molecule has 0 amide bonds. The van der Waals surface area contributed by atoms with Gasteiger partial charge in [0, 0.05) is 5.41 Å². The maximum Gasteiger partial charge on any atom is 0.417 e. The van der Waals surface area contributed by atoms with Crippen LogP contribution in [0.4, 0.5) is 0 Å². The van der Waals surface area contributed by atoms with E-state index in [1.807, 2.05) is 6.92 Å². The molecule has 0 bridgehead atoms. The zero-order valence-electron chi connectivity index (χ0n) is 8.68. The van der Waals surface area contributed by atoms with E-state index in [9.17, 15) is 4.79 Å². The first kappa shape index (κ1) is 11.5. The summed E-state index contributed by atoms with van der Waals surface area (Å²) in [4.78, 5) is 10.1. The molecule has 0 aliphatic heterocycles. The van der Waals surface area contributed by atoms with Gasteiger partial charge in [-0.15, -0.1) is 0 Å². The molecule has 2 nitrogen and oxygen atoms in total. The number of hydrogen-bond donors (Lipinski definition) is 0. The summed E-state index contributed by atoms with van der Waals surface area (Å²) in [5.74, 6) is 0.496. The summed E-state index contributed by atoms with van der Waals surface area (Å²) in [7, 11) is 0. The van der Waals surface area contributed by atoms with Gasteiger partial charge in [-0.05, 0) is 12.3 Å². The first-order valence-corrected chi connectivity index (χ1v) is 4.49. The van der Waals surface area contributed by atoms with Crippen molar-refractivity contribution in [3.63, 3.8) is 0 Å². The van der Waals surface area contributed by atoms with Gasteiger partial charge >= 0.3 is 6.47 Å². The van der Waals surface area contributed by atoms with E-state index in [0.29, 0.717) is 5.92 Å². The molecule has 0 heterocycles. The molecular formula is C10H19O2. The average Bonchev–Trinajstić information content (AvgIpc) is 1.99. The second-order valence-corrected chi connectivity index (χ2v) is 4.07. The van der Waals surface area contributed by atoms with Crippen LogP contribution >= 0.6 is 0 Å². The molecule has 0 aliphatic carbocycles. The van der Waals surface area contributed by atoms with Gasteiger partial charge in [-0.3, -0.25) is 0 Å². The van der Waals surface area contributed by atoms with E-state index in [1.54, 1.807) is 0 Å². The lowest BCUT2D eigenvalue weighted by molar-refractivity contribution is 0.0231. The molecule has 0 saturated carbocycles. The Hall–Kier alpha value is -0.530. The second-order valence-electron chi connectivity index (χ2n) is 4.07. The van der Waals surface area contributed by atoms with Crippen molar-refractivity contribution in [2.24, 2.45) is 11.3 Å². The van der Waals surface area contributed by atoms with Crippen molar-refractivity contribution in [1.82, 2.24) is 0 Å². The second kappa shape index (κ2) is 4.48. The molecule has 1 atom stereocenters. The van der Waals surface area contributed by atoms with Crippen molar-refractivity contribution >= 4 is 6.47 Å². The lowest BCUT2D eigenvalue weighted by Crippen LogP contribution is -2.35. The van der Waals surface area contributed by atoms with Crippen molar-refractivity contribution < 1.29 is 9.53 Å². The molecule has 0 aliphatic rings. The predicted molar refractivity (Wildman–Crippen MR) is 49.5 cm³/mol. The summed E-state index contributed by atoms with van der Waals surface area (Å²) in [6.45, 7) is 12.0. The van der Waals surface area contributed by atoms with Gasteiger partial charge in [-0.1, -0.05) is 34.6 Å². The SMILES string of the molecule is CCC(O[C]=O)C(C)(C)C(C)C. The van der Waals surface area contributed by atoms with Gasteiger partial charge in [-0.2, -0.15) is 0 Å². The van der Waals surface area contributed by atoms with E-state index in [-0.39, 0.29) is 11.5 Å². The van der Waals surface area contributed by atoms with Crippen LogP contribution in [0.5, 0.6) is 0 Å². The van der Waals surface area contributed by atoms with Crippen LogP contribution in [-0.4, -0.2) is 12.6 Å². The van der Waals surface area contributed by atoms with Gasteiger partial charge in [-0.25, -0.2) is 4.79 Å². The van der Waals surface area contributed by atoms with Crippen LogP contribution in [-0.2, 0) is 9.53 Å². The standard InChI is InChI=1S/C10H19O2/c1-6-9(12-7-11)10(4,5)8(2)3/h8-9H,6H2,1-5H3. The predicted octanol–water partition coefficient (Wildman–Crippen LogP) is 2.53. The topological polar surface area (TPSA) is 26.3 Å². The van der Waals surface area contributed by atoms with E-state index in [0.717, 1.165) is 6.42 Å². The van der Waals surface area contributed by atoms with Crippen LogP contribution in [0, 0.1) is 11.3 Å². The minimum atomic E-state index is -0.0185. The van der Waals surface area contributed by atoms with Crippen molar-refractivity contribution in [1.29, 1.82) is 0 Å². The molecule has 0 aromatic carbocycles. The van der Waals surface area contributed by atoms with Gasteiger partial charge < -0.3 is 4.74 Å². The minimum absolute atomic E-state index is 0.0185. The quantitative estimate of drug-likeness (QED) is 0.635. The Morgan fingerprint density at radius 1 is 1.42 bits per heavy atom. The van der Waals surface area contributed by atoms with Crippen LogP contribution in [0.2, 0.25) is 0 Å². The molecule has 0 aromatic heterocycles. The highest BCUT2D eigenvalue weighted by atomic mass is 16.5. The molecule has 0 N–H and O–H groups in total. The summed E-state index contributed by atoms with van der Waals surface area (Å²) in [5.41, 5.74) is 0.0339. The monoisotopic (exact) mass is 171 g/mol. The molecule has 0 aromatic rings. The molecule has 71 valence electrons. The van der Waals surface area contributed by atoms with E-state index in [2.05, 4.69) is 27.7 Å². The molecular weight excluding hydrogens is 152 g/mol. The summed E-state index contributed by atoms with van der Waals surface area (Å²) in [5, 5.41) is 0. The number of hydrogen-bond acceptors (Lipinski definition) is 2. The third-order valence-corrected chi connectivity index (χ3v) is 2.88. The smallest absolute Gasteiger partial charge is 0.417 e. The number of rotatable bonds is 5. The molecule has 1 unspecified atom stereocenters. The molecule has 0 rings (SSSR count). The Kier molecular flexibility index (Phi) is 4.29. The van der Waals surface area contributed by atoms with Crippen molar-refractivity contribution in [2.45, 2.75) is 47.1 Å². The van der Waals surface area contributed by atoms with Gasteiger partial charge in [0.25, 0.3) is 0 Å². The van der Waals surface area contributed by atoms with Crippen molar-refractivity contribution in [3.8, 4) is 0 Å². The average molecular weight is 171 g/mol. The summed E-state index contributed by atoms with van der Waals surface area (Å²) in [6.07, 6.45) is 0.829. The highest BCUT2D eigenvalue weighted by molar-refractivity contribution is 5.38. The largest absolute Gasteiger partial charge is 0.453 e. The molecule has 1 radical (unpaired) electrons. The fourth-order valence-corrected chi connectivity index (χ4v) is 1.19. The Balaban J connectivity index is 4.35. The lowest BCUT2D eigenvalue weighted by atomic mass is 9.75. The zero-order valence-corrected chi connectivity index (χ0v) is 8.68. The number of ether oxygens (including phenoxy) is 1. The van der Waals surface area contributed by atoms with E-state index < -0.39 is 0 Å². The van der Waals surface area contributed by atoms with E-state index in [4.69, 9.17) is 4.74 Å². The van der Waals surface area contributed by atoms with Gasteiger partial charge in [0.1, 0.15) is 6.10 Å². The molecule has 2 heteroatoms. The normalized spacial score (nSPS) is 14.5. The van der Waals surface area contributed by atoms with E-state index >= 15 is 0 Å². The number of carbonyl (C=O) groups excluding carboxylic acids is 1. The van der Waals surface area contributed by atoms with Crippen molar-refractivity contribution in [3.05, 3.63) is 0 Å². The molecule has 0 fully saturated rings. The lowest BCUT2D eigenvalue weighted by Gasteiger charge is -2.35. The minimum Gasteiger partial charge on any atom is -0.453 e. The highest BCUT2D eigenvalue weighted by Gasteiger charge is 2.32. The first-order chi connectivity index (χ1) is 5.46. The summed E-state index contributed by atoms with van der Waals surface area (Å²) >= 11 is 0. The Bertz CT molecular complexity index is 139. The van der Waals surface area contributed by atoms with Gasteiger partial charge in [0.15, 0.2) is 0 Å². The first-order valence-electron chi connectivity index (χ1n) is 4.49. The molecule has 12 heavy (non-hydrogen) atoms. The van der Waals surface area contributed by atoms with Crippen LogP contribution in [0.3, 0.4) is 0 Å².